The van der Waals surface area contributed by atoms with Crippen molar-refractivity contribution in [2.75, 3.05) is 36.5 Å². The molecule has 14 heteroatoms. The summed E-state index contributed by atoms with van der Waals surface area (Å²) in [4.78, 5) is 29.6. The van der Waals surface area contributed by atoms with Gasteiger partial charge >= 0.3 is 5.97 Å². The summed E-state index contributed by atoms with van der Waals surface area (Å²) in [5.74, 6) is 0.943. The zero-order chi connectivity index (χ0) is 42.6. The van der Waals surface area contributed by atoms with Gasteiger partial charge in [-0.2, -0.15) is 0 Å². The van der Waals surface area contributed by atoms with Crippen LogP contribution in [0.5, 0.6) is 5.75 Å². The summed E-state index contributed by atoms with van der Waals surface area (Å²) in [7, 11) is 0. The number of phenolic OH excluding ortho intramolecular Hbond substituents is 1. The minimum atomic E-state index is -1.14. The van der Waals surface area contributed by atoms with E-state index < -0.39 is 5.97 Å². The van der Waals surface area contributed by atoms with Crippen LogP contribution in [0.3, 0.4) is 0 Å². The number of nitrogens with one attached hydrogen (secondary N) is 2. The molecule has 0 radical (unpaired) electrons. The maximum atomic E-state index is 12.9. The number of pyridine rings is 1. The molecule has 4 saturated carbocycles. The molecule has 0 saturated heterocycles. The topological polar surface area (TPSA) is 184 Å². The Balaban J connectivity index is 0.914. The van der Waals surface area contributed by atoms with E-state index in [1.807, 2.05) is 61.2 Å². The average Bonchev–Trinajstić information content (AvgIpc) is 3.63. The number of rotatable bonds is 14. The fourth-order valence-electron chi connectivity index (χ4n) is 12.0. The first-order chi connectivity index (χ1) is 29.3. The molecule has 2 aromatic carbocycles. The number of aromatic hydroxyl groups is 1. The van der Waals surface area contributed by atoms with E-state index in [0.717, 1.165) is 90.1 Å². The molecule has 0 amide bonds. The van der Waals surface area contributed by atoms with E-state index in [9.17, 15) is 15.0 Å². The normalized spacial score (nSPS) is 25.9. The number of aromatic nitrogens is 4. The van der Waals surface area contributed by atoms with Gasteiger partial charge in [0.1, 0.15) is 11.6 Å². The van der Waals surface area contributed by atoms with E-state index in [1.54, 1.807) is 29.5 Å². The van der Waals surface area contributed by atoms with Gasteiger partial charge in [0.15, 0.2) is 22.5 Å². The predicted octanol–water partition coefficient (Wildman–Crippen LogP) is 8.71. The molecule has 4 heterocycles. The summed E-state index contributed by atoms with van der Waals surface area (Å²) >= 11 is 1.57. The number of benzene rings is 2. The van der Waals surface area contributed by atoms with Crippen LogP contribution in [0.1, 0.15) is 98.5 Å². The van der Waals surface area contributed by atoms with Gasteiger partial charge in [0.2, 0.25) is 0 Å². The average molecular weight is 842 g/mol. The number of hydrogen-bond donors (Lipinski definition) is 5. The predicted molar refractivity (Wildman–Crippen MR) is 241 cm³/mol. The quantitative estimate of drug-likeness (QED) is 0.0530. The van der Waals surface area contributed by atoms with Crippen LogP contribution in [0.25, 0.3) is 15.8 Å². The summed E-state index contributed by atoms with van der Waals surface area (Å²) in [6.07, 6.45) is 9.56. The lowest BCUT2D eigenvalue weighted by atomic mass is 9.39. The van der Waals surface area contributed by atoms with Crippen molar-refractivity contribution < 1.29 is 19.7 Å². The Hall–Kier alpha value is -5.44. The van der Waals surface area contributed by atoms with Crippen molar-refractivity contribution in [3.05, 3.63) is 94.8 Å². The smallest absolute Gasteiger partial charge is 0.355 e. The van der Waals surface area contributed by atoms with Crippen LogP contribution in [0, 0.1) is 23.2 Å². The Kier molecular flexibility index (Phi) is 10.6. The SMILES string of the molecule is CC(=NCC12CC3(C)CC(C)(C1)CC(OCCNCc1ccc(O)cc1)(C3)C2)/C(=C\N)c1ccc(N2CCCc3c2nnc(Nc2nc4ccccc4s2)c3C)nc1C(=O)O. The molecular formula is C47H55N9O4S. The lowest BCUT2D eigenvalue weighted by Gasteiger charge is -2.69. The first-order valence-corrected chi connectivity index (χ1v) is 22.2. The van der Waals surface area contributed by atoms with Crippen molar-refractivity contribution in [2.45, 2.75) is 91.2 Å². The third-order valence-corrected chi connectivity index (χ3v) is 14.3. The molecule has 2 atom stereocenters. The lowest BCUT2D eigenvalue weighted by molar-refractivity contribution is -0.241. The Morgan fingerprint density at radius 2 is 1.77 bits per heavy atom. The van der Waals surface area contributed by atoms with Crippen LogP contribution in [-0.2, 0) is 17.7 Å². The van der Waals surface area contributed by atoms with Gasteiger partial charge in [-0.1, -0.05) is 49.4 Å². The van der Waals surface area contributed by atoms with Crippen molar-refractivity contribution in [3.8, 4) is 5.75 Å². The van der Waals surface area contributed by atoms with E-state index in [1.165, 1.54) is 12.6 Å². The van der Waals surface area contributed by atoms with Gasteiger partial charge in [-0.05, 0) is 123 Å². The van der Waals surface area contributed by atoms with E-state index in [2.05, 4.69) is 34.7 Å². The number of nitrogens with zero attached hydrogens (tertiary/aromatic N) is 6. The molecule has 3 aromatic heterocycles. The number of carboxylic acid groups (broad SMARTS) is 1. The molecule has 5 aromatic rings. The minimum absolute atomic E-state index is 0.0268. The van der Waals surface area contributed by atoms with Crippen molar-refractivity contribution in [2.24, 2.45) is 27.0 Å². The summed E-state index contributed by atoms with van der Waals surface area (Å²) < 4.78 is 7.99. The standard InChI is InChI=1S/C47H55N9O4S/c1-29-33-8-7-18-56(41(33)55-54-40(29)53-43-51-36-9-5-6-10-37(36)61-43)38-16-15-34(39(52-38)42(58)59)35(20-48)30(2)50-28-46-23-44(3)22-45(4,24-46)26-47(25-44,27-46)60-19-17-49-21-31-11-13-32(57)14-12-31/h5-6,9-16,20,49,57H,7-8,17-19,21-28,48H2,1-4H3,(H,58,59)(H,51,53,54)/b35-20+,50-30?. The number of carbonyl (C=O) groups is 1. The number of thiazole rings is 1. The van der Waals surface area contributed by atoms with Crippen LogP contribution >= 0.6 is 11.3 Å². The summed E-state index contributed by atoms with van der Waals surface area (Å²) in [5.41, 5.74) is 12.1. The zero-order valence-electron chi connectivity index (χ0n) is 35.4. The molecule has 6 N–H and O–H groups in total. The van der Waals surface area contributed by atoms with Crippen LogP contribution in [0.2, 0.25) is 0 Å². The van der Waals surface area contributed by atoms with Crippen LogP contribution in [0.15, 0.2) is 71.9 Å². The number of aromatic carboxylic acids is 1. The molecule has 4 fully saturated rings. The Labute approximate surface area is 360 Å². The number of aliphatic imine (C=N–C) groups is 1. The maximum absolute atomic E-state index is 12.9. The van der Waals surface area contributed by atoms with Gasteiger partial charge in [0.25, 0.3) is 0 Å². The first-order valence-electron chi connectivity index (χ1n) is 21.3. The monoisotopic (exact) mass is 841 g/mol. The zero-order valence-corrected chi connectivity index (χ0v) is 36.2. The summed E-state index contributed by atoms with van der Waals surface area (Å²) in [6.45, 7) is 12.1. The third-order valence-electron chi connectivity index (χ3n) is 13.4. The highest BCUT2D eigenvalue weighted by Crippen LogP contribution is 2.71. The maximum Gasteiger partial charge on any atom is 0.355 e. The van der Waals surface area contributed by atoms with E-state index in [0.29, 0.717) is 54.0 Å². The number of hydrogen-bond acceptors (Lipinski definition) is 13. The number of anilines is 4. The first kappa shape index (κ1) is 40.9. The molecule has 4 aliphatic carbocycles. The fourth-order valence-corrected chi connectivity index (χ4v) is 12.9. The highest BCUT2D eigenvalue weighted by atomic mass is 32.1. The van der Waals surface area contributed by atoms with Crippen LogP contribution in [-0.4, -0.2) is 73.9 Å². The number of carboxylic acids is 1. The van der Waals surface area contributed by atoms with Crippen molar-refractivity contribution in [1.82, 2.24) is 25.5 Å². The molecule has 4 bridgehead atoms. The second kappa shape index (κ2) is 15.8. The largest absolute Gasteiger partial charge is 0.508 e. The van der Waals surface area contributed by atoms with Gasteiger partial charge in [0.05, 0.1) is 22.4 Å². The van der Waals surface area contributed by atoms with Crippen molar-refractivity contribution in [1.29, 1.82) is 0 Å². The summed E-state index contributed by atoms with van der Waals surface area (Å²) in [5, 5.41) is 37.0. The minimum Gasteiger partial charge on any atom is -0.508 e. The molecule has 61 heavy (non-hydrogen) atoms. The number of allylic oxidation sites excluding steroid dienone is 1. The second-order valence-corrected chi connectivity index (χ2v) is 19.8. The van der Waals surface area contributed by atoms with Crippen molar-refractivity contribution in [3.63, 3.8) is 0 Å². The number of ether oxygens (including phenoxy) is 1. The number of nitrogens with two attached hydrogens (primary N) is 1. The Morgan fingerprint density at radius 1 is 1.00 bits per heavy atom. The van der Waals surface area contributed by atoms with E-state index >= 15 is 0 Å². The molecule has 13 nitrogen and oxygen atoms in total. The lowest BCUT2D eigenvalue weighted by Crippen LogP contribution is -2.64. The molecule has 10 rings (SSSR count). The van der Waals surface area contributed by atoms with E-state index in [-0.39, 0.29) is 33.3 Å². The van der Waals surface area contributed by atoms with Gasteiger partial charge < -0.3 is 36.2 Å². The highest BCUT2D eigenvalue weighted by molar-refractivity contribution is 7.22. The van der Waals surface area contributed by atoms with Crippen molar-refractivity contribution >= 4 is 61.4 Å². The highest BCUT2D eigenvalue weighted by Gasteiger charge is 2.66. The molecular weight excluding hydrogens is 787 g/mol. The van der Waals surface area contributed by atoms with Gasteiger partial charge in [-0.3, -0.25) is 4.99 Å². The van der Waals surface area contributed by atoms with Gasteiger partial charge in [-0.25, -0.2) is 14.8 Å². The third kappa shape index (κ3) is 8.08. The Morgan fingerprint density at radius 3 is 2.51 bits per heavy atom. The summed E-state index contributed by atoms with van der Waals surface area (Å²) in [6, 6.07) is 18.9. The second-order valence-electron chi connectivity index (χ2n) is 18.8. The van der Waals surface area contributed by atoms with E-state index in [4.69, 9.17) is 25.4 Å². The number of para-hydroxylation sites is 1. The molecule has 2 unspecified atom stereocenters. The number of phenols is 1. The molecule has 5 aliphatic rings. The molecule has 318 valence electrons. The van der Waals surface area contributed by atoms with Gasteiger partial charge in [-0.15, -0.1) is 10.2 Å². The van der Waals surface area contributed by atoms with Gasteiger partial charge in [0, 0.05) is 60.4 Å². The number of fused-ring (bicyclic) bond motifs is 2. The molecule has 0 spiro atoms. The fraction of sp³-hybridized carbons (Fsp3) is 0.447. The van der Waals surface area contributed by atoms with Crippen LogP contribution < -0.4 is 21.3 Å². The van der Waals surface area contributed by atoms with Crippen LogP contribution in [0.4, 0.5) is 22.6 Å². The molecule has 1 aliphatic heterocycles. The Bertz CT molecular complexity index is 2500.